The van der Waals surface area contributed by atoms with Gasteiger partial charge in [-0.05, 0) is 25.1 Å². The summed E-state index contributed by atoms with van der Waals surface area (Å²) in [5.41, 5.74) is 1.39. The van der Waals surface area contributed by atoms with E-state index in [9.17, 15) is 13.2 Å². The van der Waals surface area contributed by atoms with Gasteiger partial charge in [0.15, 0.2) is 5.82 Å². The monoisotopic (exact) mass is 312 g/mol. The number of halogens is 3. The van der Waals surface area contributed by atoms with Crippen molar-refractivity contribution in [2.45, 2.75) is 6.92 Å². The smallest absolute Gasteiger partial charge is 0.153 e. The molecule has 114 valence electrons. The standard InChI is InChI=1S/C18H11F3N2/c1-9-14(20)7-11-12(8-22-18(11)16(9)21)15-6-5-10-3-2-4-13(19)17(10)23-15/h2-8,22H,1H3. The van der Waals surface area contributed by atoms with Gasteiger partial charge in [-0.1, -0.05) is 18.2 Å². The summed E-state index contributed by atoms with van der Waals surface area (Å²) in [6.07, 6.45) is 1.56. The molecule has 0 unspecified atom stereocenters. The van der Waals surface area contributed by atoms with Gasteiger partial charge < -0.3 is 4.98 Å². The van der Waals surface area contributed by atoms with Crippen LogP contribution in [-0.4, -0.2) is 9.97 Å². The Hall–Kier alpha value is -2.82. The van der Waals surface area contributed by atoms with Crippen molar-refractivity contribution in [3.63, 3.8) is 0 Å². The van der Waals surface area contributed by atoms with Gasteiger partial charge in [0.2, 0.25) is 0 Å². The molecule has 2 heterocycles. The molecule has 0 saturated carbocycles. The number of nitrogens with one attached hydrogen (secondary N) is 1. The summed E-state index contributed by atoms with van der Waals surface area (Å²) in [5, 5.41) is 1.05. The predicted octanol–water partition coefficient (Wildman–Crippen LogP) is 5.11. The largest absolute Gasteiger partial charge is 0.358 e. The van der Waals surface area contributed by atoms with E-state index < -0.39 is 17.5 Å². The first-order chi connectivity index (χ1) is 11.1. The van der Waals surface area contributed by atoms with E-state index in [-0.39, 0.29) is 16.6 Å². The Kier molecular flexibility index (Phi) is 2.91. The second-order valence-electron chi connectivity index (χ2n) is 5.43. The highest BCUT2D eigenvalue weighted by Crippen LogP contribution is 2.32. The molecule has 4 aromatic rings. The van der Waals surface area contributed by atoms with E-state index in [1.807, 2.05) is 0 Å². The Morgan fingerprint density at radius 3 is 2.65 bits per heavy atom. The van der Waals surface area contributed by atoms with Gasteiger partial charge in [-0.2, -0.15) is 0 Å². The van der Waals surface area contributed by atoms with Crippen molar-refractivity contribution >= 4 is 21.8 Å². The molecule has 0 aliphatic rings. The van der Waals surface area contributed by atoms with Crippen LogP contribution in [0.25, 0.3) is 33.1 Å². The highest BCUT2D eigenvalue weighted by Gasteiger charge is 2.16. The number of fused-ring (bicyclic) bond motifs is 2. The second kappa shape index (κ2) is 4.84. The van der Waals surface area contributed by atoms with Crippen LogP contribution in [0.5, 0.6) is 0 Å². The van der Waals surface area contributed by atoms with E-state index in [2.05, 4.69) is 9.97 Å². The first-order valence-electron chi connectivity index (χ1n) is 7.07. The molecule has 5 heteroatoms. The zero-order valence-corrected chi connectivity index (χ0v) is 12.1. The summed E-state index contributed by atoms with van der Waals surface area (Å²) in [6, 6.07) is 9.41. The molecular weight excluding hydrogens is 301 g/mol. The lowest BCUT2D eigenvalue weighted by Crippen LogP contribution is -1.91. The molecule has 4 rings (SSSR count). The van der Waals surface area contributed by atoms with Crippen LogP contribution in [0.2, 0.25) is 0 Å². The lowest BCUT2D eigenvalue weighted by molar-refractivity contribution is 0.576. The van der Waals surface area contributed by atoms with Crippen LogP contribution >= 0.6 is 0 Å². The molecule has 0 radical (unpaired) electrons. The third kappa shape index (κ3) is 2.00. The molecule has 2 nitrogen and oxygen atoms in total. The predicted molar refractivity (Wildman–Crippen MR) is 83.6 cm³/mol. The van der Waals surface area contributed by atoms with Gasteiger partial charge >= 0.3 is 0 Å². The number of hydrogen-bond donors (Lipinski definition) is 1. The van der Waals surface area contributed by atoms with Gasteiger partial charge in [0.05, 0.1) is 11.2 Å². The molecule has 0 amide bonds. The number of rotatable bonds is 1. The Labute approximate surface area is 129 Å². The first kappa shape index (κ1) is 13.8. The summed E-state index contributed by atoms with van der Waals surface area (Å²) in [7, 11) is 0. The summed E-state index contributed by atoms with van der Waals surface area (Å²) in [4.78, 5) is 7.12. The number of pyridine rings is 1. The molecule has 0 atom stereocenters. The van der Waals surface area contributed by atoms with Gasteiger partial charge in [0.25, 0.3) is 0 Å². The number of H-pyrrole nitrogens is 1. The van der Waals surface area contributed by atoms with Crippen molar-refractivity contribution in [1.82, 2.24) is 9.97 Å². The molecule has 2 aromatic heterocycles. The minimum atomic E-state index is -0.627. The van der Waals surface area contributed by atoms with Crippen molar-refractivity contribution in [3.8, 4) is 11.3 Å². The third-order valence-corrected chi connectivity index (χ3v) is 4.05. The van der Waals surface area contributed by atoms with E-state index in [0.717, 1.165) is 0 Å². The van der Waals surface area contributed by atoms with Crippen LogP contribution < -0.4 is 0 Å². The normalized spacial score (nSPS) is 11.5. The SMILES string of the molecule is Cc1c(F)cc2c(-c3ccc4cccc(F)c4n3)c[nH]c2c1F. The Balaban J connectivity index is 2.01. The van der Waals surface area contributed by atoms with Gasteiger partial charge in [-0.15, -0.1) is 0 Å². The van der Waals surface area contributed by atoms with Crippen LogP contribution in [0.3, 0.4) is 0 Å². The van der Waals surface area contributed by atoms with Crippen LogP contribution in [0.1, 0.15) is 5.56 Å². The zero-order valence-electron chi connectivity index (χ0n) is 12.1. The molecule has 0 aliphatic heterocycles. The maximum atomic E-state index is 14.2. The van der Waals surface area contributed by atoms with E-state index >= 15 is 0 Å². The van der Waals surface area contributed by atoms with Crippen LogP contribution in [0, 0.1) is 24.4 Å². The number of aromatic amines is 1. The Morgan fingerprint density at radius 2 is 1.83 bits per heavy atom. The minimum absolute atomic E-state index is 0.0385. The number of aromatic nitrogens is 2. The first-order valence-corrected chi connectivity index (χ1v) is 7.07. The van der Waals surface area contributed by atoms with E-state index in [0.29, 0.717) is 22.0 Å². The fourth-order valence-electron chi connectivity index (χ4n) is 2.77. The Bertz CT molecular complexity index is 1070. The second-order valence-corrected chi connectivity index (χ2v) is 5.43. The lowest BCUT2D eigenvalue weighted by Gasteiger charge is -2.04. The van der Waals surface area contributed by atoms with E-state index in [1.54, 1.807) is 30.5 Å². The number of hydrogen-bond acceptors (Lipinski definition) is 1. The molecule has 0 bridgehead atoms. The van der Waals surface area contributed by atoms with E-state index in [1.165, 1.54) is 19.1 Å². The van der Waals surface area contributed by atoms with Gasteiger partial charge in [-0.25, -0.2) is 18.2 Å². The molecule has 0 spiro atoms. The van der Waals surface area contributed by atoms with Crippen molar-refractivity contribution in [3.05, 3.63) is 65.6 Å². The average Bonchev–Trinajstić information content (AvgIpc) is 2.96. The topological polar surface area (TPSA) is 28.7 Å². The quantitative estimate of drug-likeness (QED) is 0.520. The molecule has 0 fully saturated rings. The van der Waals surface area contributed by atoms with Crippen molar-refractivity contribution in [1.29, 1.82) is 0 Å². The minimum Gasteiger partial charge on any atom is -0.358 e. The summed E-state index contributed by atoms with van der Waals surface area (Å²) in [5.74, 6) is -1.68. The van der Waals surface area contributed by atoms with Crippen LogP contribution in [0.4, 0.5) is 13.2 Å². The van der Waals surface area contributed by atoms with Gasteiger partial charge in [0.1, 0.15) is 17.2 Å². The molecular formula is C18H11F3N2. The molecule has 0 aliphatic carbocycles. The number of benzene rings is 2. The highest BCUT2D eigenvalue weighted by molar-refractivity contribution is 5.96. The summed E-state index contributed by atoms with van der Waals surface area (Å²) in [6.45, 7) is 1.38. The number of para-hydroxylation sites is 1. The maximum Gasteiger partial charge on any atom is 0.153 e. The number of nitrogens with zero attached hydrogens (tertiary/aromatic N) is 1. The average molecular weight is 312 g/mol. The van der Waals surface area contributed by atoms with Gasteiger partial charge in [0, 0.05) is 28.1 Å². The van der Waals surface area contributed by atoms with Crippen molar-refractivity contribution in [2.24, 2.45) is 0 Å². The zero-order chi connectivity index (χ0) is 16.1. The van der Waals surface area contributed by atoms with Crippen molar-refractivity contribution in [2.75, 3.05) is 0 Å². The Morgan fingerprint density at radius 1 is 1.00 bits per heavy atom. The highest BCUT2D eigenvalue weighted by atomic mass is 19.1. The fourth-order valence-corrected chi connectivity index (χ4v) is 2.77. The summed E-state index contributed by atoms with van der Waals surface area (Å²) >= 11 is 0. The third-order valence-electron chi connectivity index (χ3n) is 4.05. The molecule has 2 aromatic carbocycles. The van der Waals surface area contributed by atoms with Crippen LogP contribution in [0.15, 0.2) is 42.6 Å². The van der Waals surface area contributed by atoms with Crippen molar-refractivity contribution < 1.29 is 13.2 Å². The molecule has 23 heavy (non-hydrogen) atoms. The fraction of sp³-hybridized carbons (Fsp3) is 0.0556. The maximum absolute atomic E-state index is 14.2. The van der Waals surface area contributed by atoms with E-state index in [4.69, 9.17) is 0 Å². The molecule has 0 saturated heterocycles. The lowest BCUT2D eigenvalue weighted by atomic mass is 10.1. The summed E-state index contributed by atoms with van der Waals surface area (Å²) < 4.78 is 41.9. The molecule has 1 N–H and O–H groups in total. The van der Waals surface area contributed by atoms with Gasteiger partial charge in [-0.3, -0.25) is 0 Å². The van der Waals surface area contributed by atoms with Crippen LogP contribution in [-0.2, 0) is 0 Å².